The number of anilines is 3. The number of halogens is 2. The number of methoxy groups -OCH3 is 1. The number of morpholine rings is 1. The van der Waals surface area contributed by atoms with Crippen molar-refractivity contribution in [2.45, 2.75) is 13.5 Å². The minimum atomic E-state index is -0.937. The maximum absolute atomic E-state index is 13.7. The Morgan fingerprint density at radius 2 is 1.91 bits per heavy atom. The second kappa shape index (κ2) is 9.35. The average Bonchev–Trinajstić information content (AvgIpc) is 2.79. The smallest absolute Gasteiger partial charge is 0.316 e. The van der Waals surface area contributed by atoms with Crippen LogP contribution in [0.2, 0.25) is 0 Å². The van der Waals surface area contributed by atoms with Gasteiger partial charge in [-0.3, -0.25) is 4.79 Å². The van der Waals surface area contributed by atoms with E-state index in [-0.39, 0.29) is 18.2 Å². The molecule has 0 unspecified atom stereocenters. The van der Waals surface area contributed by atoms with Crippen LogP contribution in [0, 0.1) is 18.6 Å². The van der Waals surface area contributed by atoms with Crippen molar-refractivity contribution < 1.29 is 18.3 Å². The number of ether oxygens (including phenoxy) is 2. The Labute approximate surface area is 184 Å². The summed E-state index contributed by atoms with van der Waals surface area (Å²) in [6.07, 6.45) is 1.50. The summed E-state index contributed by atoms with van der Waals surface area (Å²) in [4.78, 5) is 18.7. The van der Waals surface area contributed by atoms with Gasteiger partial charge in [-0.1, -0.05) is 6.07 Å². The molecule has 4 rings (SSSR count). The van der Waals surface area contributed by atoms with E-state index in [0.29, 0.717) is 18.8 Å². The molecule has 32 heavy (non-hydrogen) atoms. The van der Waals surface area contributed by atoms with Crippen LogP contribution in [0.25, 0.3) is 0 Å². The number of hydrogen-bond acceptors (Lipinski definition) is 6. The van der Waals surface area contributed by atoms with Gasteiger partial charge in [0.1, 0.15) is 0 Å². The van der Waals surface area contributed by atoms with Gasteiger partial charge in [-0.15, -0.1) is 0 Å². The van der Waals surface area contributed by atoms with Crippen molar-refractivity contribution in [2.75, 3.05) is 43.6 Å². The van der Waals surface area contributed by atoms with Crippen LogP contribution >= 0.6 is 0 Å². The summed E-state index contributed by atoms with van der Waals surface area (Å²) in [5, 5.41) is 3.19. The SMILES string of the molecule is COc1cn(Cc2ccc(F)c(F)c2)c(Nc2ccc(N3CCOCC3)cc2C)nc1=O. The summed E-state index contributed by atoms with van der Waals surface area (Å²) in [6, 6.07) is 9.66. The lowest BCUT2D eigenvalue weighted by atomic mass is 10.1. The standard InChI is InChI=1S/C23H24F2N4O3/c1-15-11-17(28-7-9-32-10-8-28)4-6-20(15)26-23-27-22(30)21(31-2)14-29(23)13-16-3-5-18(24)19(25)12-16/h3-6,11-12,14H,7-10,13H2,1-2H3,(H,26,27,30). The lowest BCUT2D eigenvalue weighted by molar-refractivity contribution is 0.122. The van der Waals surface area contributed by atoms with Crippen LogP contribution in [0.5, 0.6) is 5.75 Å². The van der Waals surface area contributed by atoms with Gasteiger partial charge in [0.15, 0.2) is 11.6 Å². The minimum absolute atomic E-state index is 0.0533. The van der Waals surface area contributed by atoms with Crippen molar-refractivity contribution in [1.29, 1.82) is 0 Å². The third-order valence-electron chi connectivity index (χ3n) is 5.35. The van der Waals surface area contributed by atoms with Crippen molar-refractivity contribution in [3.8, 4) is 5.75 Å². The fraction of sp³-hybridized carbons (Fsp3) is 0.304. The second-order valence-electron chi connectivity index (χ2n) is 7.54. The summed E-state index contributed by atoms with van der Waals surface area (Å²) < 4.78 is 39.1. The molecule has 0 radical (unpaired) electrons. The molecule has 0 spiro atoms. The Kier molecular flexibility index (Phi) is 6.36. The first-order chi connectivity index (χ1) is 15.4. The molecule has 0 bridgehead atoms. The molecular formula is C23H24F2N4O3. The molecule has 0 aliphatic carbocycles. The van der Waals surface area contributed by atoms with Gasteiger partial charge in [-0.05, 0) is 48.4 Å². The molecule has 7 nitrogen and oxygen atoms in total. The number of benzene rings is 2. The number of nitrogens with zero attached hydrogens (tertiary/aromatic N) is 3. The summed E-state index contributed by atoms with van der Waals surface area (Å²) in [5.41, 5.74) is 2.83. The van der Waals surface area contributed by atoms with Crippen LogP contribution < -0.4 is 20.5 Å². The van der Waals surface area contributed by atoms with Gasteiger partial charge in [0.05, 0.1) is 33.1 Å². The predicted octanol–water partition coefficient (Wildman–Crippen LogP) is 3.47. The molecule has 1 fully saturated rings. The fourth-order valence-corrected chi connectivity index (χ4v) is 3.60. The average molecular weight is 442 g/mol. The lowest BCUT2D eigenvalue weighted by Crippen LogP contribution is -2.36. The van der Waals surface area contributed by atoms with Crippen molar-refractivity contribution in [1.82, 2.24) is 9.55 Å². The molecule has 2 heterocycles. The Morgan fingerprint density at radius 3 is 2.59 bits per heavy atom. The summed E-state index contributed by atoms with van der Waals surface area (Å²) in [6.45, 7) is 5.19. The summed E-state index contributed by atoms with van der Waals surface area (Å²) in [7, 11) is 1.38. The molecule has 1 aliphatic heterocycles. The minimum Gasteiger partial charge on any atom is -0.490 e. The van der Waals surface area contributed by atoms with E-state index in [2.05, 4.69) is 21.3 Å². The van der Waals surface area contributed by atoms with Crippen LogP contribution in [0.15, 0.2) is 47.4 Å². The van der Waals surface area contributed by atoms with Crippen molar-refractivity contribution in [3.05, 3.63) is 75.7 Å². The third-order valence-corrected chi connectivity index (χ3v) is 5.35. The van der Waals surface area contributed by atoms with Gasteiger partial charge in [0.2, 0.25) is 11.7 Å². The third kappa shape index (κ3) is 4.72. The number of aromatic nitrogens is 2. The maximum Gasteiger partial charge on any atom is 0.316 e. The van der Waals surface area contributed by atoms with Crippen LogP contribution in [0.3, 0.4) is 0 Å². The molecule has 0 saturated carbocycles. The van der Waals surface area contributed by atoms with Crippen molar-refractivity contribution in [3.63, 3.8) is 0 Å². The Hall–Kier alpha value is -3.46. The summed E-state index contributed by atoms with van der Waals surface area (Å²) >= 11 is 0. The molecule has 3 aromatic rings. The molecular weight excluding hydrogens is 418 g/mol. The number of rotatable bonds is 6. The highest BCUT2D eigenvalue weighted by Gasteiger charge is 2.15. The van der Waals surface area contributed by atoms with Crippen LogP contribution in [-0.4, -0.2) is 43.0 Å². The molecule has 1 aliphatic rings. The van der Waals surface area contributed by atoms with Gasteiger partial charge < -0.3 is 24.3 Å². The van der Waals surface area contributed by atoms with E-state index in [1.54, 1.807) is 4.57 Å². The Balaban J connectivity index is 1.64. The Morgan fingerprint density at radius 1 is 1.12 bits per heavy atom. The quantitative estimate of drug-likeness (QED) is 0.631. The molecule has 9 heteroatoms. The number of hydrogen-bond donors (Lipinski definition) is 1. The van der Waals surface area contributed by atoms with E-state index in [1.807, 2.05) is 19.1 Å². The number of nitrogens with one attached hydrogen (secondary N) is 1. The molecule has 1 saturated heterocycles. The zero-order valence-corrected chi connectivity index (χ0v) is 17.9. The van der Waals surface area contributed by atoms with E-state index in [0.717, 1.165) is 42.2 Å². The van der Waals surface area contributed by atoms with E-state index >= 15 is 0 Å². The normalized spacial score (nSPS) is 13.8. The maximum atomic E-state index is 13.7. The lowest BCUT2D eigenvalue weighted by Gasteiger charge is -2.29. The largest absolute Gasteiger partial charge is 0.490 e. The van der Waals surface area contributed by atoms with Crippen molar-refractivity contribution >= 4 is 17.3 Å². The first-order valence-corrected chi connectivity index (χ1v) is 10.2. The summed E-state index contributed by atoms with van der Waals surface area (Å²) in [5.74, 6) is -1.54. The van der Waals surface area contributed by atoms with E-state index in [9.17, 15) is 13.6 Å². The van der Waals surface area contributed by atoms with Gasteiger partial charge in [-0.25, -0.2) is 8.78 Å². The van der Waals surface area contributed by atoms with Gasteiger partial charge in [-0.2, -0.15) is 4.98 Å². The highest BCUT2D eigenvalue weighted by atomic mass is 19.2. The predicted molar refractivity (Wildman–Crippen MR) is 118 cm³/mol. The van der Waals surface area contributed by atoms with Crippen molar-refractivity contribution in [2.24, 2.45) is 0 Å². The highest BCUT2D eigenvalue weighted by molar-refractivity contribution is 5.64. The zero-order valence-electron chi connectivity index (χ0n) is 17.9. The van der Waals surface area contributed by atoms with E-state index in [4.69, 9.17) is 9.47 Å². The first-order valence-electron chi connectivity index (χ1n) is 10.2. The van der Waals surface area contributed by atoms with Crippen LogP contribution in [-0.2, 0) is 11.3 Å². The molecule has 0 amide bonds. The molecule has 1 N–H and O–H groups in total. The van der Waals surface area contributed by atoms with Crippen LogP contribution in [0.1, 0.15) is 11.1 Å². The molecule has 168 valence electrons. The monoisotopic (exact) mass is 442 g/mol. The Bertz CT molecular complexity index is 1180. The van der Waals surface area contributed by atoms with Crippen LogP contribution in [0.4, 0.5) is 26.1 Å². The second-order valence-corrected chi connectivity index (χ2v) is 7.54. The zero-order chi connectivity index (χ0) is 22.7. The van der Waals surface area contributed by atoms with Gasteiger partial charge in [0.25, 0.3) is 0 Å². The fourth-order valence-electron chi connectivity index (χ4n) is 3.60. The molecule has 0 atom stereocenters. The molecule has 2 aromatic carbocycles. The topological polar surface area (TPSA) is 68.6 Å². The van der Waals surface area contributed by atoms with E-state index < -0.39 is 17.2 Å². The molecule has 1 aromatic heterocycles. The first kappa shape index (κ1) is 21.8. The van der Waals surface area contributed by atoms with E-state index in [1.165, 1.54) is 19.4 Å². The van der Waals surface area contributed by atoms with Gasteiger partial charge in [0, 0.05) is 24.5 Å². The number of aryl methyl sites for hydroxylation is 1. The highest BCUT2D eigenvalue weighted by Crippen LogP contribution is 2.26. The van der Waals surface area contributed by atoms with Gasteiger partial charge >= 0.3 is 5.56 Å².